The minimum absolute atomic E-state index is 0.106. The van der Waals surface area contributed by atoms with Crippen molar-refractivity contribution in [3.63, 3.8) is 0 Å². The first-order chi connectivity index (χ1) is 9.04. The molecular weight excluding hydrogens is 244 g/mol. The molecule has 0 bridgehead atoms. The molecule has 100 valence electrons. The highest BCUT2D eigenvalue weighted by Gasteiger charge is 2.08. The van der Waals surface area contributed by atoms with E-state index in [2.05, 4.69) is 11.4 Å². The van der Waals surface area contributed by atoms with Crippen LogP contribution < -0.4 is 5.32 Å². The van der Waals surface area contributed by atoms with Gasteiger partial charge in [-0.15, -0.1) is 0 Å². The Hall–Kier alpha value is -1.74. The summed E-state index contributed by atoms with van der Waals surface area (Å²) in [5, 5.41) is 3.26. The molecule has 1 N–H and O–H groups in total. The van der Waals surface area contributed by atoms with Crippen LogP contribution >= 0.6 is 0 Å². The SMILES string of the molecule is Cc1cccc(CNC(C)c2cc(F)cc(F)c2)c1. The summed E-state index contributed by atoms with van der Waals surface area (Å²) in [6.07, 6.45) is 0. The van der Waals surface area contributed by atoms with Crippen molar-refractivity contribution in [3.8, 4) is 0 Å². The number of benzene rings is 2. The molecule has 1 nitrogen and oxygen atoms in total. The van der Waals surface area contributed by atoms with Gasteiger partial charge in [-0.1, -0.05) is 29.8 Å². The van der Waals surface area contributed by atoms with E-state index in [1.165, 1.54) is 17.7 Å². The van der Waals surface area contributed by atoms with Crippen LogP contribution in [-0.4, -0.2) is 0 Å². The highest BCUT2D eigenvalue weighted by Crippen LogP contribution is 2.16. The predicted octanol–water partition coefficient (Wildman–Crippen LogP) is 4.12. The minimum atomic E-state index is -0.542. The van der Waals surface area contributed by atoms with Gasteiger partial charge in [0.15, 0.2) is 0 Å². The lowest BCUT2D eigenvalue weighted by Gasteiger charge is -2.15. The number of nitrogens with one attached hydrogen (secondary N) is 1. The van der Waals surface area contributed by atoms with Gasteiger partial charge in [0.05, 0.1) is 0 Å². The molecule has 0 aliphatic rings. The van der Waals surface area contributed by atoms with Crippen molar-refractivity contribution in [3.05, 3.63) is 70.8 Å². The van der Waals surface area contributed by atoms with Gasteiger partial charge in [-0.2, -0.15) is 0 Å². The fraction of sp³-hybridized carbons (Fsp3) is 0.250. The molecule has 0 saturated heterocycles. The zero-order valence-corrected chi connectivity index (χ0v) is 11.1. The van der Waals surface area contributed by atoms with Crippen LogP contribution in [0, 0.1) is 18.6 Å². The Morgan fingerprint density at radius 2 is 1.74 bits per heavy atom. The van der Waals surface area contributed by atoms with Gasteiger partial charge >= 0.3 is 0 Å². The molecule has 1 atom stereocenters. The monoisotopic (exact) mass is 261 g/mol. The summed E-state index contributed by atoms with van der Waals surface area (Å²) in [5.41, 5.74) is 2.97. The van der Waals surface area contributed by atoms with E-state index in [1.54, 1.807) is 0 Å². The van der Waals surface area contributed by atoms with Crippen molar-refractivity contribution in [2.45, 2.75) is 26.4 Å². The lowest BCUT2D eigenvalue weighted by molar-refractivity contribution is 0.545. The van der Waals surface area contributed by atoms with Crippen LogP contribution in [-0.2, 0) is 6.54 Å². The molecule has 19 heavy (non-hydrogen) atoms. The molecule has 0 radical (unpaired) electrons. The van der Waals surface area contributed by atoms with Crippen LogP contribution in [0.2, 0.25) is 0 Å². The molecule has 0 saturated carbocycles. The average Bonchev–Trinajstić information content (AvgIpc) is 2.35. The molecule has 0 aromatic heterocycles. The Morgan fingerprint density at radius 1 is 1.05 bits per heavy atom. The largest absolute Gasteiger partial charge is 0.306 e. The van der Waals surface area contributed by atoms with E-state index in [1.807, 2.05) is 32.0 Å². The normalized spacial score (nSPS) is 12.4. The predicted molar refractivity (Wildman–Crippen MR) is 72.8 cm³/mol. The van der Waals surface area contributed by atoms with E-state index >= 15 is 0 Å². The van der Waals surface area contributed by atoms with Gasteiger partial charge in [-0.05, 0) is 37.1 Å². The van der Waals surface area contributed by atoms with E-state index in [9.17, 15) is 8.78 Å². The Labute approximate surface area is 112 Å². The van der Waals surface area contributed by atoms with E-state index in [-0.39, 0.29) is 6.04 Å². The van der Waals surface area contributed by atoms with Crippen LogP contribution in [0.5, 0.6) is 0 Å². The molecule has 2 aromatic rings. The van der Waals surface area contributed by atoms with Crippen molar-refractivity contribution in [2.75, 3.05) is 0 Å². The molecule has 0 amide bonds. The first-order valence-electron chi connectivity index (χ1n) is 6.29. The lowest BCUT2D eigenvalue weighted by Crippen LogP contribution is -2.18. The maximum Gasteiger partial charge on any atom is 0.126 e. The summed E-state index contributed by atoms with van der Waals surface area (Å²) >= 11 is 0. The smallest absolute Gasteiger partial charge is 0.126 e. The topological polar surface area (TPSA) is 12.0 Å². The van der Waals surface area contributed by atoms with E-state index in [4.69, 9.17) is 0 Å². The maximum absolute atomic E-state index is 13.1. The molecule has 2 rings (SSSR count). The number of hydrogen-bond acceptors (Lipinski definition) is 1. The summed E-state index contributed by atoms with van der Waals surface area (Å²) in [4.78, 5) is 0. The molecule has 0 spiro atoms. The minimum Gasteiger partial charge on any atom is -0.306 e. The second kappa shape index (κ2) is 5.93. The van der Waals surface area contributed by atoms with Crippen molar-refractivity contribution >= 4 is 0 Å². The fourth-order valence-electron chi connectivity index (χ4n) is 2.04. The fourth-order valence-corrected chi connectivity index (χ4v) is 2.04. The van der Waals surface area contributed by atoms with Crippen molar-refractivity contribution in [1.82, 2.24) is 5.32 Å². The highest BCUT2D eigenvalue weighted by atomic mass is 19.1. The highest BCUT2D eigenvalue weighted by molar-refractivity contribution is 5.23. The van der Waals surface area contributed by atoms with Crippen LogP contribution in [0.4, 0.5) is 8.78 Å². The maximum atomic E-state index is 13.1. The third-order valence-corrected chi connectivity index (χ3v) is 3.08. The number of aryl methyl sites for hydroxylation is 1. The Bertz CT molecular complexity index is 546. The van der Waals surface area contributed by atoms with Crippen LogP contribution in [0.15, 0.2) is 42.5 Å². The van der Waals surface area contributed by atoms with E-state index < -0.39 is 11.6 Å². The first-order valence-corrected chi connectivity index (χ1v) is 6.29. The molecule has 0 heterocycles. The van der Waals surface area contributed by atoms with Gasteiger partial charge in [0, 0.05) is 18.7 Å². The molecule has 3 heteroatoms. The second-order valence-electron chi connectivity index (χ2n) is 4.79. The second-order valence-corrected chi connectivity index (χ2v) is 4.79. The Balaban J connectivity index is 2.03. The molecular formula is C16H17F2N. The number of halogens is 2. The standard InChI is InChI=1S/C16H17F2N/c1-11-4-3-5-13(6-11)10-19-12(2)14-7-15(17)9-16(18)8-14/h3-9,12,19H,10H2,1-2H3. The van der Waals surface area contributed by atoms with Crippen molar-refractivity contribution in [2.24, 2.45) is 0 Å². The van der Waals surface area contributed by atoms with Crippen LogP contribution in [0.1, 0.15) is 29.7 Å². The third kappa shape index (κ3) is 3.86. The summed E-state index contributed by atoms with van der Waals surface area (Å²) < 4.78 is 26.3. The zero-order chi connectivity index (χ0) is 13.8. The number of hydrogen-bond donors (Lipinski definition) is 1. The number of rotatable bonds is 4. The molecule has 0 aliphatic carbocycles. The van der Waals surface area contributed by atoms with Crippen LogP contribution in [0.25, 0.3) is 0 Å². The van der Waals surface area contributed by atoms with Gasteiger partial charge in [0.25, 0.3) is 0 Å². The summed E-state index contributed by atoms with van der Waals surface area (Å²) in [6.45, 7) is 4.60. The van der Waals surface area contributed by atoms with Crippen LogP contribution in [0.3, 0.4) is 0 Å². The summed E-state index contributed by atoms with van der Waals surface area (Å²) in [7, 11) is 0. The van der Waals surface area contributed by atoms with Gasteiger partial charge in [-0.3, -0.25) is 0 Å². The molecule has 2 aromatic carbocycles. The first kappa shape index (κ1) is 13.7. The third-order valence-electron chi connectivity index (χ3n) is 3.08. The van der Waals surface area contributed by atoms with Gasteiger partial charge in [0.2, 0.25) is 0 Å². The Morgan fingerprint density at radius 3 is 2.37 bits per heavy atom. The summed E-state index contributed by atoms with van der Waals surface area (Å²) in [6, 6.07) is 11.6. The van der Waals surface area contributed by atoms with Crippen molar-refractivity contribution in [1.29, 1.82) is 0 Å². The van der Waals surface area contributed by atoms with Gasteiger partial charge in [-0.25, -0.2) is 8.78 Å². The van der Waals surface area contributed by atoms with E-state index in [0.717, 1.165) is 11.6 Å². The van der Waals surface area contributed by atoms with Crippen molar-refractivity contribution < 1.29 is 8.78 Å². The molecule has 1 unspecified atom stereocenters. The average molecular weight is 261 g/mol. The van der Waals surface area contributed by atoms with Gasteiger partial charge < -0.3 is 5.32 Å². The molecule has 0 aliphatic heterocycles. The quantitative estimate of drug-likeness (QED) is 0.872. The van der Waals surface area contributed by atoms with E-state index in [0.29, 0.717) is 12.1 Å². The lowest BCUT2D eigenvalue weighted by atomic mass is 10.1. The summed E-state index contributed by atoms with van der Waals surface area (Å²) in [5.74, 6) is -1.08. The Kier molecular flexibility index (Phi) is 4.27. The molecule has 0 fully saturated rings. The zero-order valence-electron chi connectivity index (χ0n) is 11.1. The van der Waals surface area contributed by atoms with Gasteiger partial charge in [0.1, 0.15) is 11.6 Å².